The van der Waals surface area contributed by atoms with Crippen LogP contribution in [0.25, 0.3) is 0 Å². The van der Waals surface area contributed by atoms with Gasteiger partial charge in [0.1, 0.15) is 22.7 Å². The number of nitriles is 1. The van der Waals surface area contributed by atoms with Gasteiger partial charge in [-0.3, -0.25) is 4.79 Å². The van der Waals surface area contributed by atoms with Crippen LogP contribution in [0.15, 0.2) is 12.1 Å². The molecule has 0 radical (unpaired) electrons. The van der Waals surface area contributed by atoms with Crippen molar-refractivity contribution < 1.29 is 14.6 Å². The molecular formula is C28H37ClN2O3. The summed E-state index contributed by atoms with van der Waals surface area (Å²) in [7, 11) is 1.69. The van der Waals surface area contributed by atoms with Gasteiger partial charge in [-0.25, -0.2) is 4.98 Å². The number of ether oxygens (including phenoxy) is 1. The summed E-state index contributed by atoms with van der Waals surface area (Å²) >= 11 is 6.29. The molecule has 184 valence electrons. The zero-order valence-electron chi connectivity index (χ0n) is 20.4. The molecule has 1 heterocycles. The molecule has 34 heavy (non-hydrogen) atoms. The van der Waals surface area contributed by atoms with Gasteiger partial charge < -0.3 is 9.84 Å². The molecule has 4 fully saturated rings. The molecule has 0 unspecified atom stereocenters. The average molecular weight is 485 g/mol. The normalized spacial score (nSPS) is 41.1. The Morgan fingerprint density at radius 3 is 2.71 bits per heavy atom. The zero-order chi connectivity index (χ0) is 24.1. The number of aliphatic hydroxyl groups is 1. The first kappa shape index (κ1) is 24.2. The second-order valence-electron chi connectivity index (χ2n) is 11.9. The number of ketones is 1. The molecule has 0 aromatic carbocycles. The van der Waals surface area contributed by atoms with E-state index in [9.17, 15) is 9.90 Å². The van der Waals surface area contributed by atoms with Crippen molar-refractivity contribution in [3.05, 3.63) is 28.5 Å². The molecule has 0 saturated heterocycles. The van der Waals surface area contributed by atoms with Gasteiger partial charge in [-0.15, -0.1) is 0 Å². The van der Waals surface area contributed by atoms with Gasteiger partial charge in [-0.05, 0) is 104 Å². The molecule has 5 rings (SSSR count). The molecule has 1 N–H and O–H groups in total. The predicted octanol–water partition coefficient (Wildman–Crippen LogP) is 5.36. The van der Waals surface area contributed by atoms with Crippen LogP contribution in [0.3, 0.4) is 0 Å². The predicted molar refractivity (Wildman–Crippen MR) is 130 cm³/mol. The second kappa shape index (κ2) is 9.19. The van der Waals surface area contributed by atoms with Gasteiger partial charge in [0.25, 0.3) is 0 Å². The number of halogens is 1. The van der Waals surface area contributed by atoms with Crippen molar-refractivity contribution in [3.63, 3.8) is 0 Å². The Labute approximate surface area is 208 Å². The largest absolute Gasteiger partial charge is 0.387 e. The van der Waals surface area contributed by atoms with Crippen molar-refractivity contribution in [2.75, 3.05) is 13.7 Å². The van der Waals surface area contributed by atoms with Crippen LogP contribution < -0.4 is 0 Å². The Balaban J connectivity index is 1.28. The van der Waals surface area contributed by atoms with Crippen LogP contribution in [0.4, 0.5) is 0 Å². The number of carbonyl (C=O) groups excluding carboxylic acids is 1. The van der Waals surface area contributed by atoms with Gasteiger partial charge in [0.05, 0.1) is 12.2 Å². The van der Waals surface area contributed by atoms with Gasteiger partial charge >= 0.3 is 0 Å². The average Bonchev–Trinajstić information content (AvgIpc) is 3.17. The van der Waals surface area contributed by atoms with E-state index in [0.29, 0.717) is 30.8 Å². The van der Waals surface area contributed by atoms with E-state index in [0.717, 1.165) is 55.9 Å². The van der Waals surface area contributed by atoms with Crippen molar-refractivity contribution in [1.29, 1.82) is 5.26 Å². The van der Waals surface area contributed by atoms with E-state index in [2.05, 4.69) is 11.9 Å². The highest BCUT2D eigenvalue weighted by molar-refractivity contribution is 6.30. The fourth-order valence-corrected chi connectivity index (χ4v) is 9.08. The van der Waals surface area contributed by atoms with Crippen LogP contribution in [0.2, 0.25) is 5.15 Å². The number of aromatic nitrogens is 1. The van der Waals surface area contributed by atoms with Gasteiger partial charge in [0, 0.05) is 19.4 Å². The summed E-state index contributed by atoms with van der Waals surface area (Å²) in [6, 6.07) is 5.44. The van der Waals surface area contributed by atoms with Gasteiger partial charge in [0.15, 0.2) is 0 Å². The SMILES string of the molecule is COC[C@@]1(O)CC[C@H]2[C@H](CC[C@@H]3[C@@H]2CC[C@]2(C)[C@@H](C(=O)Cc4ccc(C#N)nc4Cl)CC[C@@H]32)C1. The lowest BCUT2D eigenvalue weighted by Crippen LogP contribution is -2.52. The lowest BCUT2D eigenvalue weighted by molar-refractivity contribution is -0.135. The fourth-order valence-electron chi connectivity index (χ4n) is 8.86. The minimum absolute atomic E-state index is 0.0725. The Bertz CT molecular complexity index is 992. The van der Waals surface area contributed by atoms with Crippen molar-refractivity contribution in [3.8, 4) is 6.07 Å². The van der Waals surface area contributed by atoms with Crippen LogP contribution in [0, 0.1) is 52.3 Å². The Hall–Kier alpha value is -1.48. The van der Waals surface area contributed by atoms with Crippen LogP contribution in [-0.4, -0.2) is 35.2 Å². The molecule has 1 aromatic heterocycles. The Morgan fingerprint density at radius 1 is 1.18 bits per heavy atom. The first-order valence-electron chi connectivity index (χ1n) is 13.1. The van der Waals surface area contributed by atoms with E-state index in [1.54, 1.807) is 19.2 Å². The Morgan fingerprint density at radius 2 is 1.97 bits per heavy atom. The van der Waals surface area contributed by atoms with Gasteiger partial charge in [-0.1, -0.05) is 24.6 Å². The molecule has 0 spiro atoms. The quantitative estimate of drug-likeness (QED) is 0.568. The van der Waals surface area contributed by atoms with Crippen LogP contribution in [-0.2, 0) is 16.0 Å². The maximum absolute atomic E-state index is 13.5. The molecule has 4 aliphatic rings. The lowest BCUT2D eigenvalue weighted by Gasteiger charge is -2.57. The zero-order valence-corrected chi connectivity index (χ0v) is 21.2. The first-order valence-corrected chi connectivity index (χ1v) is 13.5. The molecule has 4 aliphatic carbocycles. The van der Waals surface area contributed by atoms with Crippen molar-refractivity contribution in [1.82, 2.24) is 4.98 Å². The van der Waals surface area contributed by atoms with Crippen LogP contribution in [0.1, 0.15) is 76.0 Å². The number of hydrogen-bond acceptors (Lipinski definition) is 5. The molecular weight excluding hydrogens is 448 g/mol. The maximum atomic E-state index is 13.5. The molecule has 0 amide bonds. The summed E-state index contributed by atoms with van der Waals surface area (Å²) in [5.74, 6) is 3.79. The number of rotatable bonds is 5. The Kier molecular flexibility index (Phi) is 6.55. The molecule has 4 saturated carbocycles. The summed E-state index contributed by atoms with van der Waals surface area (Å²) in [4.78, 5) is 17.6. The molecule has 6 heteroatoms. The number of nitrogens with zero attached hydrogens (tertiary/aromatic N) is 2. The smallest absolute Gasteiger partial charge is 0.142 e. The van der Waals surface area contributed by atoms with Gasteiger partial charge in [0.2, 0.25) is 0 Å². The third-order valence-corrected chi connectivity index (χ3v) is 10.6. The third-order valence-electron chi connectivity index (χ3n) is 10.3. The third kappa shape index (κ3) is 4.10. The number of methoxy groups -OCH3 is 1. The van der Waals surface area contributed by atoms with Crippen molar-refractivity contribution in [2.24, 2.45) is 40.9 Å². The summed E-state index contributed by atoms with van der Waals surface area (Å²) in [5.41, 5.74) is 0.450. The van der Waals surface area contributed by atoms with Gasteiger partial charge in [-0.2, -0.15) is 5.26 Å². The van der Waals surface area contributed by atoms with E-state index in [4.69, 9.17) is 21.6 Å². The monoisotopic (exact) mass is 484 g/mol. The van der Waals surface area contributed by atoms with E-state index in [1.165, 1.54) is 19.3 Å². The summed E-state index contributed by atoms with van der Waals surface area (Å²) < 4.78 is 5.33. The number of Topliss-reactive ketones (excluding diaryl/α,β-unsaturated/α-hetero) is 1. The topological polar surface area (TPSA) is 83.2 Å². The van der Waals surface area contributed by atoms with Crippen molar-refractivity contribution in [2.45, 2.75) is 76.7 Å². The summed E-state index contributed by atoms with van der Waals surface area (Å²) in [6.45, 7) is 2.83. The first-order chi connectivity index (χ1) is 16.3. The minimum Gasteiger partial charge on any atom is -0.387 e. The summed E-state index contributed by atoms with van der Waals surface area (Å²) in [5, 5.41) is 20.3. The standard InChI is InChI=1S/C28H37ClN2O3/c1-27-11-9-21-20-10-12-28(33,16-34-2)14-18(20)4-6-22(21)23(27)7-8-24(27)25(32)13-17-3-5-19(15-30)31-26(17)29/h3,5,18,20-24,33H,4,6-14,16H2,1-2H3/t18-,20+,21-,22-,23+,24-,27+,28-/m1/s1. The fraction of sp³-hybridized carbons (Fsp3) is 0.750. The summed E-state index contributed by atoms with van der Waals surface area (Å²) in [6.07, 6.45) is 10.1. The second-order valence-corrected chi connectivity index (χ2v) is 12.3. The molecule has 0 bridgehead atoms. The van der Waals surface area contributed by atoms with Crippen LogP contribution in [0.5, 0.6) is 0 Å². The highest BCUT2D eigenvalue weighted by atomic mass is 35.5. The van der Waals surface area contributed by atoms with E-state index < -0.39 is 5.60 Å². The van der Waals surface area contributed by atoms with Crippen LogP contribution >= 0.6 is 11.6 Å². The lowest BCUT2D eigenvalue weighted by atomic mass is 9.49. The van der Waals surface area contributed by atoms with E-state index >= 15 is 0 Å². The molecule has 5 nitrogen and oxygen atoms in total. The highest BCUT2D eigenvalue weighted by Gasteiger charge is 2.58. The number of hydrogen-bond donors (Lipinski definition) is 1. The molecule has 8 atom stereocenters. The van der Waals surface area contributed by atoms with E-state index in [1.807, 2.05) is 6.07 Å². The number of carbonyl (C=O) groups is 1. The number of fused-ring (bicyclic) bond motifs is 5. The molecule has 1 aromatic rings. The minimum atomic E-state index is -0.640. The van der Waals surface area contributed by atoms with Crippen molar-refractivity contribution >= 4 is 17.4 Å². The maximum Gasteiger partial charge on any atom is 0.142 e. The molecule has 0 aliphatic heterocycles. The number of pyridine rings is 1. The highest BCUT2D eigenvalue weighted by Crippen LogP contribution is 2.64. The van der Waals surface area contributed by atoms with E-state index in [-0.39, 0.29) is 28.0 Å².